The van der Waals surface area contributed by atoms with Crippen LogP contribution in [0, 0.1) is 0 Å². The number of alkyl halides is 3. The maximum atomic E-state index is 12.7. The van der Waals surface area contributed by atoms with Gasteiger partial charge in [0.1, 0.15) is 0 Å². The molecule has 1 unspecified atom stereocenters. The first-order valence-electron chi connectivity index (χ1n) is 6.60. The first-order chi connectivity index (χ1) is 9.75. The van der Waals surface area contributed by atoms with Gasteiger partial charge in [0.05, 0.1) is 10.5 Å². The van der Waals surface area contributed by atoms with Crippen LogP contribution in [0.15, 0.2) is 29.2 Å². The highest BCUT2D eigenvalue weighted by Gasteiger charge is 2.34. The maximum absolute atomic E-state index is 12.7. The van der Waals surface area contributed by atoms with Crippen LogP contribution in [0.3, 0.4) is 0 Å². The second-order valence-electron chi connectivity index (χ2n) is 5.02. The fourth-order valence-corrected chi connectivity index (χ4v) is 3.95. The largest absolute Gasteiger partial charge is 0.416 e. The summed E-state index contributed by atoms with van der Waals surface area (Å²) in [5.74, 6) is 0. The van der Waals surface area contributed by atoms with E-state index in [-0.39, 0.29) is 17.5 Å². The number of nitrogens with one attached hydrogen (secondary N) is 1. The molecule has 1 aliphatic heterocycles. The minimum absolute atomic E-state index is 0.0272. The predicted molar refractivity (Wildman–Crippen MR) is 72.3 cm³/mol. The zero-order valence-corrected chi connectivity index (χ0v) is 12.3. The fraction of sp³-hybridized carbons (Fsp3) is 0.538. The average molecular weight is 322 g/mol. The van der Waals surface area contributed by atoms with Crippen LogP contribution < -0.4 is 5.32 Å². The number of sulfonamides is 1. The molecule has 1 saturated heterocycles. The second kappa shape index (κ2) is 5.94. The highest BCUT2D eigenvalue weighted by Crippen LogP contribution is 2.31. The average Bonchev–Trinajstić information content (AvgIpc) is 2.46. The molecule has 4 nitrogen and oxygen atoms in total. The van der Waals surface area contributed by atoms with Gasteiger partial charge in [-0.15, -0.1) is 0 Å². The van der Waals surface area contributed by atoms with Gasteiger partial charge in [0.25, 0.3) is 0 Å². The summed E-state index contributed by atoms with van der Waals surface area (Å²) in [7, 11) is -2.15. The zero-order chi connectivity index (χ0) is 15.7. The van der Waals surface area contributed by atoms with Crippen LogP contribution in [-0.4, -0.2) is 38.9 Å². The van der Waals surface area contributed by atoms with Gasteiger partial charge in [0.15, 0.2) is 0 Å². The summed E-state index contributed by atoms with van der Waals surface area (Å²) in [6.07, 6.45) is -3.02. The number of rotatable bonds is 3. The summed E-state index contributed by atoms with van der Waals surface area (Å²) < 4.78 is 64.3. The molecule has 1 atom stereocenters. The Morgan fingerprint density at radius 2 is 2.05 bits per heavy atom. The second-order valence-corrected chi connectivity index (χ2v) is 6.95. The van der Waals surface area contributed by atoms with E-state index in [1.807, 2.05) is 0 Å². The molecule has 0 spiro atoms. The normalized spacial score (nSPS) is 21.4. The van der Waals surface area contributed by atoms with Crippen LogP contribution in [0.1, 0.15) is 18.4 Å². The van der Waals surface area contributed by atoms with Crippen molar-refractivity contribution in [2.45, 2.75) is 30.0 Å². The van der Waals surface area contributed by atoms with E-state index in [1.165, 1.54) is 10.4 Å². The van der Waals surface area contributed by atoms with Crippen LogP contribution >= 0.6 is 0 Å². The van der Waals surface area contributed by atoms with Crippen LogP contribution in [0.2, 0.25) is 0 Å². The fourth-order valence-electron chi connectivity index (χ4n) is 2.38. The van der Waals surface area contributed by atoms with Crippen molar-refractivity contribution in [2.24, 2.45) is 0 Å². The summed E-state index contributed by atoms with van der Waals surface area (Å²) in [6, 6.07) is 3.91. The van der Waals surface area contributed by atoms with E-state index in [9.17, 15) is 21.6 Å². The summed E-state index contributed by atoms with van der Waals surface area (Å²) >= 11 is 0. The molecule has 1 aromatic rings. The molecule has 0 aromatic heterocycles. The van der Waals surface area contributed by atoms with E-state index in [1.54, 1.807) is 7.05 Å². The number of halogens is 3. The van der Waals surface area contributed by atoms with Crippen molar-refractivity contribution in [3.05, 3.63) is 29.8 Å². The minimum atomic E-state index is -4.55. The van der Waals surface area contributed by atoms with Crippen LogP contribution in [0.25, 0.3) is 0 Å². The molecular formula is C13H17F3N2O2S. The Morgan fingerprint density at radius 3 is 2.67 bits per heavy atom. The quantitative estimate of drug-likeness (QED) is 0.927. The lowest BCUT2D eigenvalue weighted by Gasteiger charge is -2.31. The lowest BCUT2D eigenvalue weighted by atomic mass is 10.1. The Kier molecular flexibility index (Phi) is 4.60. The van der Waals surface area contributed by atoms with Crippen molar-refractivity contribution in [3.8, 4) is 0 Å². The van der Waals surface area contributed by atoms with E-state index >= 15 is 0 Å². The molecule has 1 fully saturated rings. The van der Waals surface area contributed by atoms with Crippen LogP contribution in [-0.2, 0) is 16.2 Å². The highest BCUT2D eigenvalue weighted by atomic mass is 32.2. The molecule has 0 bridgehead atoms. The Morgan fingerprint density at radius 1 is 1.33 bits per heavy atom. The number of nitrogens with zero attached hydrogens (tertiary/aromatic N) is 1. The topological polar surface area (TPSA) is 49.4 Å². The summed E-state index contributed by atoms with van der Waals surface area (Å²) in [5.41, 5.74) is -0.953. The number of likely N-dealkylation sites (N-methyl/N-ethyl adjacent to an activating group) is 1. The van der Waals surface area contributed by atoms with Gasteiger partial charge in [-0.25, -0.2) is 8.42 Å². The Hall–Kier alpha value is -1.12. The van der Waals surface area contributed by atoms with Crippen molar-refractivity contribution in [1.82, 2.24) is 9.62 Å². The molecule has 1 N–H and O–H groups in total. The molecule has 21 heavy (non-hydrogen) atoms. The van der Waals surface area contributed by atoms with Crippen molar-refractivity contribution in [3.63, 3.8) is 0 Å². The van der Waals surface area contributed by atoms with Crippen molar-refractivity contribution in [1.29, 1.82) is 0 Å². The Balaban J connectivity index is 2.31. The summed E-state index contributed by atoms with van der Waals surface area (Å²) in [5, 5.41) is 3.01. The monoisotopic (exact) mass is 322 g/mol. The SMILES string of the molecule is CNC1CCCN(S(=O)(=O)c2cccc(C(F)(F)F)c2)C1. The summed E-state index contributed by atoms with van der Waals surface area (Å²) in [6.45, 7) is 0.603. The molecular weight excluding hydrogens is 305 g/mol. The van der Waals surface area contributed by atoms with Crippen molar-refractivity contribution >= 4 is 10.0 Å². The molecule has 0 saturated carbocycles. The first-order valence-corrected chi connectivity index (χ1v) is 8.04. The Bertz CT molecular complexity index is 602. The molecule has 1 aromatic carbocycles. The van der Waals surface area contributed by atoms with Gasteiger partial charge < -0.3 is 5.32 Å². The zero-order valence-electron chi connectivity index (χ0n) is 11.5. The third kappa shape index (κ3) is 3.56. The van der Waals surface area contributed by atoms with Crippen molar-refractivity contribution in [2.75, 3.05) is 20.1 Å². The molecule has 118 valence electrons. The molecule has 0 radical (unpaired) electrons. The van der Waals surface area contributed by atoms with Gasteiger partial charge in [0, 0.05) is 19.1 Å². The van der Waals surface area contributed by atoms with Gasteiger partial charge in [0.2, 0.25) is 10.0 Å². The van der Waals surface area contributed by atoms with Gasteiger partial charge >= 0.3 is 6.18 Å². The third-order valence-electron chi connectivity index (χ3n) is 3.59. The smallest absolute Gasteiger partial charge is 0.316 e. The number of benzene rings is 1. The Labute approximate surface area is 122 Å². The molecule has 2 rings (SSSR count). The third-order valence-corrected chi connectivity index (χ3v) is 5.45. The highest BCUT2D eigenvalue weighted by molar-refractivity contribution is 7.89. The first kappa shape index (κ1) is 16.3. The standard InChI is InChI=1S/C13H17F3N2O2S/c1-17-11-5-3-7-18(9-11)21(19,20)12-6-2-4-10(8-12)13(14,15)16/h2,4,6,8,11,17H,3,5,7,9H2,1H3. The molecule has 1 heterocycles. The lowest BCUT2D eigenvalue weighted by molar-refractivity contribution is -0.137. The summed E-state index contributed by atoms with van der Waals surface area (Å²) in [4.78, 5) is -0.311. The van der Waals surface area contributed by atoms with E-state index in [2.05, 4.69) is 5.32 Å². The minimum Gasteiger partial charge on any atom is -0.316 e. The molecule has 0 amide bonds. The number of hydrogen-bond acceptors (Lipinski definition) is 3. The van der Waals surface area contributed by atoms with Gasteiger partial charge in [-0.2, -0.15) is 17.5 Å². The van der Waals surface area contributed by atoms with Crippen LogP contribution in [0.5, 0.6) is 0 Å². The van der Waals surface area contributed by atoms with Gasteiger partial charge in [-0.1, -0.05) is 6.07 Å². The van der Waals surface area contributed by atoms with E-state index in [0.29, 0.717) is 19.0 Å². The van der Waals surface area contributed by atoms with Gasteiger partial charge in [-0.05, 0) is 38.1 Å². The van der Waals surface area contributed by atoms with Gasteiger partial charge in [-0.3, -0.25) is 0 Å². The van der Waals surface area contributed by atoms with Crippen LogP contribution in [0.4, 0.5) is 13.2 Å². The maximum Gasteiger partial charge on any atom is 0.416 e. The molecule has 1 aliphatic rings. The van der Waals surface area contributed by atoms with E-state index in [0.717, 1.165) is 18.6 Å². The molecule has 8 heteroatoms. The number of hydrogen-bond donors (Lipinski definition) is 1. The van der Waals surface area contributed by atoms with E-state index in [4.69, 9.17) is 0 Å². The van der Waals surface area contributed by atoms with E-state index < -0.39 is 21.8 Å². The molecule has 0 aliphatic carbocycles. The lowest BCUT2D eigenvalue weighted by Crippen LogP contribution is -2.46. The number of piperidine rings is 1. The van der Waals surface area contributed by atoms with Crippen molar-refractivity contribution < 1.29 is 21.6 Å². The predicted octanol–water partition coefficient (Wildman–Crippen LogP) is 2.08.